The highest BCUT2D eigenvalue weighted by atomic mass is 16.2. The summed E-state index contributed by atoms with van der Waals surface area (Å²) in [6.07, 6.45) is 3.02. The van der Waals surface area contributed by atoms with E-state index < -0.39 is 6.03 Å². The second-order valence-corrected chi connectivity index (χ2v) is 1.92. The Morgan fingerprint density at radius 2 is 2.55 bits per heavy atom. The molecule has 0 aliphatic heterocycles. The number of urea groups is 1. The molecule has 0 aromatic carbocycles. The van der Waals surface area contributed by atoms with Crippen LogP contribution in [-0.4, -0.2) is 16.0 Å². The lowest BCUT2D eigenvalue weighted by Gasteiger charge is -1.98. The van der Waals surface area contributed by atoms with E-state index in [-0.39, 0.29) is 0 Å². The molecule has 1 rings (SSSR count). The lowest BCUT2D eigenvalue weighted by atomic mass is 10.4. The maximum Gasteiger partial charge on any atom is 0.312 e. The van der Waals surface area contributed by atoms with Gasteiger partial charge in [-0.05, 0) is 6.07 Å². The Kier molecular flexibility index (Phi) is 2.37. The number of aromatic nitrogens is 2. The standard InChI is InChI=1S/C6H8N4O/c7-6(11)9-3-5-1-2-8-4-10-5/h1-2,4H,3H2,(H3,7,9,11). The summed E-state index contributed by atoms with van der Waals surface area (Å²) in [5.74, 6) is 0. The summed E-state index contributed by atoms with van der Waals surface area (Å²) in [6.45, 7) is 0.345. The van der Waals surface area contributed by atoms with Crippen LogP contribution >= 0.6 is 0 Å². The SMILES string of the molecule is NC(=O)NCc1ccncn1. The molecule has 0 saturated carbocycles. The van der Waals surface area contributed by atoms with Gasteiger partial charge in [0.05, 0.1) is 12.2 Å². The van der Waals surface area contributed by atoms with Crippen molar-refractivity contribution in [2.45, 2.75) is 6.54 Å². The van der Waals surface area contributed by atoms with Crippen LogP contribution in [0.2, 0.25) is 0 Å². The number of carbonyl (C=O) groups is 1. The lowest BCUT2D eigenvalue weighted by Crippen LogP contribution is -2.28. The van der Waals surface area contributed by atoms with Crippen LogP contribution in [0.3, 0.4) is 0 Å². The van der Waals surface area contributed by atoms with Gasteiger partial charge in [0.2, 0.25) is 0 Å². The first-order valence-corrected chi connectivity index (χ1v) is 3.07. The third-order valence-corrected chi connectivity index (χ3v) is 1.09. The molecule has 5 heteroatoms. The van der Waals surface area contributed by atoms with E-state index in [1.54, 1.807) is 12.3 Å². The molecule has 0 unspecified atom stereocenters. The highest BCUT2D eigenvalue weighted by Gasteiger charge is 1.93. The molecule has 0 radical (unpaired) electrons. The number of hydrogen-bond acceptors (Lipinski definition) is 3. The molecule has 2 amide bonds. The highest BCUT2D eigenvalue weighted by Crippen LogP contribution is 1.88. The van der Waals surface area contributed by atoms with Crippen LogP contribution in [0.5, 0.6) is 0 Å². The molecule has 1 aromatic heterocycles. The van der Waals surface area contributed by atoms with Gasteiger partial charge in [-0.25, -0.2) is 14.8 Å². The second-order valence-electron chi connectivity index (χ2n) is 1.92. The van der Waals surface area contributed by atoms with Gasteiger partial charge in [-0.15, -0.1) is 0 Å². The Morgan fingerprint density at radius 3 is 3.09 bits per heavy atom. The van der Waals surface area contributed by atoms with E-state index in [0.717, 1.165) is 5.69 Å². The van der Waals surface area contributed by atoms with Crippen molar-refractivity contribution in [2.75, 3.05) is 0 Å². The predicted octanol–water partition coefficient (Wildman–Crippen LogP) is -0.355. The van der Waals surface area contributed by atoms with Crippen molar-refractivity contribution in [3.63, 3.8) is 0 Å². The zero-order chi connectivity index (χ0) is 8.10. The quantitative estimate of drug-likeness (QED) is 0.607. The predicted molar refractivity (Wildman–Crippen MR) is 38.5 cm³/mol. The summed E-state index contributed by atoms with van der Waals surface area (Å²) >= 11 is 0. The number of nitrogens with one attached hydrogen (secondary N) is 1. The third-order valence-electron chi connectivity index (χ3n) is 1.09. The summed E-state index contributed by atoms with van der Waals surface area (Å²) < 4.78 is 0. The number of rotatable bonds is 2. The van der Waals surface area contributed by atoms with Crippen molar-refractivity contribution in [2.24, 2.45) is 5.73 Å². The van der Waals surface area contributed by atoms with E-state index in [2.05, 4.69) is 15.3 Å². The zero-order valence-corrected chi connectivity index (χ0v) is 5.82. The molecular formula is C6H8N4O. The molecule has 3 N–H and O–H groups in total. The van der Waals surface area contributed by atoms with E-state index >= 15 is 0 Å². The summed E-state index contributed by atoms with van der Waals surface area (Å²) in [5.41, 5.74) is 5.58. The number of nitrogens with zero attached hydrogens (tertiary/aromatic N) is 2. The average molecular weight is 152 g/mol. The Bertz CT molecular complexity index is 236. The fraction of sp³-hybridized carbons (Fsp3) is 0.167. The van der Waals surface area contributed by atoms with E-state index in [1.807, 2.05) is 0 Å². The fourth-order valence-electron chi connectivity index (χ4n) is 0.600. The Labute approximate surface area is 63.7 Å². The first kappa shape index (κ1) is 7.46. The fourth-order valence-corrected chi connectivity index (χ4v) is 0.600. The molecule has 0 aliphatic carbocycles. The monoisotopic (exact) mass is 152 g/mol. The van der Waals surface area contributed by atoms with Crippen molar-refractivity contribution >= 4 is 6.03 Å². The van der Waals surface area contributed by atoms with Crippen molar-refractivity contribution in [3.05, 3.63) is 24.3 Å². The molecule has 0 aliphatic rings. The topological polar surface area (TPSA) is 80.9 Å². The average Bonchev–Trinajstić information content (AvgIpc) is 2.03. The number of primary amides is 1. The largest absolute Gasteiger partial charge is 0.352 e. The van der Waals surface area contributed by atoms with Crippen molar-refractivity contribution < 1.29 is 4.79 Å². The normalized spacial score (nSPS) is 9.09. The molecule has 11 heavy (non-hydrogen) atoms. The first-order chi connectivity index (χ1) is 5.29. The molecule has 58 valence electrons. The van der Waals surface area contributed by atoms with Crippen LogP contribution in [0.1, 0.15) is 5.69 Å². The van der Waals surface area contributed by atoms with Gasteiger partial charge in [0.15, 0.2) is 0 Å². The van der Waals surface area contributed by atoms with Crippen LogP contribution < -0.4 is 11.1 Å². The lowest BCUT2D eigenvalue weighted by molar-refractivity contribution is 0.248. The van der Waals surface area contributed by atoms with E-state index in [1.165, 1.54) is 6.33 Å². The van der Waals surface area contributed by atoms with Gasteiger partial charge in [-0.3, -0.25) is 0 Å². The minimum absolute atomic E-state index is 0.345. The van der Waals surface area contributed by atoms with Gasteiger partial charge in [-0.1, -0.05) is 0 Å². The third kappa shape index (κ3) is 2.61. The maximum atomic E-state index is 10.2. The molecule has 0 atom stereocenters. The molecule has 0 bridgehead atoms. The smallest absolute Gasteiger partial charge is 0.312 e. The highest BCUT2D eigenvalue weighted by molar-refractivity contribution is 5.71. The van der Waals surface area contributed by atoms with E-state index in [4.69, 9.17) is 5.73 Å². The molecule has 1 aromatic rings. The van der Waals surface area contributed by atoms with Gasteiger partial charge in [0.25, 0.3) is 0 Å². The van der Waals surface area contributed by atoms with Crippen LogP contribution in [0.25, 0.3) is 0 Å². The van der Waals surface area contributed by atoms with Crippen LogP contribution in [0.4, 0.5) is 4.79 Å². The van der Waals surface area contributed by atoms with Gasteiger partial charge in [0, 0.05) is 6.20 Å². The van der Waals surface area contributed by atoms with Crippen LogP contribution in [0, 0.1) is 0 Å². The Morgan fingerprint density at radius 1 is 1.73 bits per heavy atom. The summed E-state index contributed by atoms with van der Waals surface area (Å²) in [5, 5.41) is 2.41. The molecule has 0 saturated heterocycles. The summed E-state index contributed by atoms with van der Waals surface area (Å²) in [4.78, 5) is 17.8. The van der Waals surface area contributed by atoms with Gasteiger partial charge in [-0.2, -0.15) is 0 Å². The summed E-state index contributed by atoms with van der Waals surface area (Å²) in [7, 11) is 0. The summed E-state index contributed by atoms with van der Waals surface area (Å²) in [6, 6.07) is 1.15. The van der Waals surface area contributed by atoms with Crippen LogP contribution in [-0.2, 0) is 6.54 Å². The molecular weight excluding hydrogens is 144 g/mol. The van der Waals surface area contributed by atoms with Crippen molar-refractivity contribution in [1.82, 2.24) is 15.3 Å². The molecule has 5 nitrogen and oxygen atoms in total. The zero-order valence-electron chi connectivity index (χ0n) is 5.82. The number of carbonyl (C=O) groups excluding carboxylic acids is 1. The number of amides is 2. The van der Waals surface area contributed by atoms with Gasteiger partial charge < -0.3 is 11.1 Å². The van der Waals surface area contributed by atoms with Crippen molar-refractivity contribution in [3.8, 4) is 0 Å². The van der Waals surface area contributed by atoms with Crippen molar-refractivity contribution in [1.29, 1.82) is 0 Å². The molecule has 1 heterocycles. The second kappa shape index (κ2) is 3.50. The molecule has 0 fully saturated rings. The Hall–Kier alpha value is -1.65. The van der Waals surface area contributed by atoms with E-state index in [9.17, 15) is 4.79 Å². The minimum Gasteiger partial charge on any atom is -0.352 e. The van der Waals surface area contributed by atoms with E-state index in [0.29, 0.717) is 6.54 Å². The van der Waals surface area contributed by atoms with Gasteiger partial charge >= 0.3 is 6.03 Å². The van der Waals surface area contributed by atoms with Gasteiger partial charge in [0.1, 0.15) is 6.33 Å². The number of nitrogens with two attached hydrogens (primary N) is 1. The number of hydrogen-bond donors (Lipinski definition) is 2. The first-order valence-electron chi connectivity index (χ1n) is 3.07. The van der Waals surface area contributed by atoms with Crippen LogP contribution in [0.15, 0.2) is 18.6 Å². The molecule has 0 spiro atoms. The maximum absolute atomic E-state index is 10.2. The Balaban J connectivity index is 2.45. The minimum atomic E-state index is -0.552.